The zero-order valence-corrected chi connectivity index (χ0v) is 12.9. The van der Waals surface area contributed by atoms with Gasteiger partial charge in [-0.05, 0) is 36.4 Å². The summed E-state index contributed by atoms with van der Waals surface area (Å²) in [7, 11) is 2.10. The molecule has 21 heavy (non-hydrogen) atoms. The summed E-state index contributed by atoms with van der Waals surface area (Å²) in [5.74, 6) is 6.05. The van der Waals surface area contributed by atoms with E-state index in [-0.39, 0.29) is 0 Å². The molecule has 3 heteroatoms. The molecule has 108 valence electrons. The highest BCUT2D eigenvalue weighted by molar-refractivity contribution is 6.30. The first kappa shape index (κ1) is 15.6. The van der Waals surface area contributed by atoms with Gasteiger partial charge in [-0.15, -0.1) is 0 Å². The Hall–Kier alpha value is -1.79. The van der Waals surface area contributed by atoms with Gasteiger partial charge in [-0.25, -0.2) is 0 Å². The van der Waals surface area contributed by atoms with Crippen molar-refractivity contribution in [3.8, 4) is 11.8 Å². The molecule has 2 aromatic carbocycles. The third-order valence-corrected chi connectivity index (χ3v) is 3.40. The lowest BCUT2D eigenvalue weighted by Gasteiger charge is -2.18. The van der Waals surface area contributed by atoms with Gasteiger partial charge < -0.3 is 5.73 Å². The van der Waals surface area contributed by atoms with Crippen molar-refractivity contribution in [1.29, 1.82) is 0 Å². The van der Waals surface area contributed by atoms with Crippen molar-refractivity contribution >= 4 is 11.6 Å². The van der Waals surface area contributed by atoms with Gasteiger partial charge in [0.1, 0.15) is 0 Å². The molecule has 2 rings (SSSR count). The topological polar surface area (TPSA) is 29.3 Å². The Balaban J connectivity index is 2.05. The number of nitrogens with two attached hydrogens (primary N) is 1. The predicted octanol–water partition coefficient (Wildman–Crippen LogP) is 3.28. The van der Waals surface area contributed by atoms with Gasteiger partial charge in [-0.1, -0.05) is 53.8 Å². The van der Waals surface area contributed by atoms with Crippen LogP contribution in [0.2, 0.25) is 5.02 Å². The van der Waals surface area contributed by atoms with Crippen molar-refractivity contribution < 1.29 is 0 Å². The van der Waals surface area contributed by atoms with Crippen LogP contribution in [-0.4, -0.2) is 18.5 Å². The molecule has 0 bridgehead atoms. The molecule has 0 unspecified atom stereocenters. The van der Waals surface area contributed by atoms with Crippen LogP contribution in [0.4, 0.5) is 0 Å². The molecule has 0 radical (unpaired) electrons. The monoisotopic (exact) mass is 298 g/mol. The SMILES string of the molecule is CN(Cc1ccc(Cl)cc1)Cc1ccccc1C#CCN. The summed E-state index contributed by atoms with van der Waals surface area (Å²) < 4.78 is 0. The molecule has 0 spiro atoms. The van der Waals surface area contributed by atoms with Gasteiger partial charge in [-0.2, -0.15) is 0 Å². The Morgan fingerprint density at radius 3 is 2.48 bits per heavy atom. The highest BCUT2D eigenvalue weighted by Crippen LogP contribution is 2.14. The average Bonchev–Trinajstić information content (AvgIpc) is 2.49. The first-order valence-corrected chi connectivity index (χ1v) is 7.26. The first-order valence-electron chi connectivity index (χ1n) is 6.89. The zero-order valence-electron chi connectivity index (χ0n) is 12.1. The highest BCUT2D eigenvalue weighted by atomic mass is 35.5. The van der Waals surface area contributed by atoms with Crippen LogP contribution in [0.1, 0.15) is 16.7 Å². The van der Waals surface area contributed by atoms with Crippen molar-refractivity contribution in [2.75, 3.05) is 13.6 Å². The maximum atomic E-state index is 5.91. The van der Waals surface area contributed by atoms with Gasteiger partial charge in [0, 0.05) is 23.7 Å². The zero-order chi connectivity index (χ0) is 15.1. The largest absolute Gasteiger partial charge is 0.320 e. The third kappa shape index (κ3) is 4.91. The van der Waals surface area contributed by atoms with Crippen LogP contribution in [0.25, 0.3) is 0 Å². The quantitative estimate of drug-likeness (QED) is 0.878. The van der Waals surface area contributed by atoms with Gasteiger partial charge in [0.15, 0.2) is 0 Å². The van der Waals surface area contributed by atoms with E-state index in [9.17, 15) is 0 Å². The predicted molar refractivity (Wildman–Crippen MR) is 89.0 cm³/mol. The molecule has 0 aliphatic heterocycles. The third-order valence-electron chi connectivity index (χ3n) is 3.15. The van der Waals surface area contributed by atoms with Crippen LogP contribution in [-0.2, 0) is 13.1 Å². The maximum Gasteiger partial charge on any atom is 0.0555 e. The van der Waals surface area contributed by atoms with Crippen LogP contribution in [0, 0.1) is 11.8 Å². The fourth-order valence-corrected chi connectivity index (χ4v) is 2.30. The molecular formula is C18H19ClN2. The number of hydrogen-bond donors (Lipinski definition) is 1. The number of nitrogens with zero attached hydrogens (tertiary/aromatic N) is 1. The second kappa shape index (κ2) is 7.85. The smallest absolute Gasteiger partial charge is 0.0555 e. The minimum absolute atomic E-state index is 0.384. The summed E-state index contributed by atoms with van der Waals surface area (Å²) in [6.45, 7) is 2.10. The molecule has 0 aliphatic carbocycles. The second-order valence-corrected chi connectivity index (χ2v) is 5.40. The van der Waals surface area contributed by atoms with E-state index in [1.54, 1.807) is 0 Å². The summed E-state index contributed by atoms with van der Waals surface area (Å²) in [4.78, 5) is 2.26. The number of halogens is 1. The standard InChI is InChI=1S/C18H19ClN2/c1-21(13-15-8-10-18(19)11-9-15)14-17-6-3-2-5-16(17)7-4-12-20/h2-3,5-6,8-11H,12-14,20H2,1H3. The van der Waals surface area contributed by atoms with E-state index in [1.807, 2.05) is 30.3 Å². The van der Waals surface area contributed by atoms with E-state index >= 15 is 0 Å². The Morgan fingerprint density at radius 1 is 1.05 bits per heavy atom. The summed E-state index contributed by atoms with van der Waals surface area (Å²) in [6, 6.07) is 16.1. The van der Waals surface area contributed by atoms with Crippen LogP contribution in [0.15, 0.2) is 48.5 Å². The fourth-order valence-electron chi connectivity index (χ4n) is 2.17. The van der Waals surface area contributed by atoms with Crippen LogP contribution >= 0.6 is 11.6 Å². The van der Waals surface area contributed by atoms with E-state index < -0.39 is 0 Å². The molecule has 0 aliphatic rings. The second-order valence-electron chi connectivity index (χ2n) is 4.96. The van der Waals surface area contributed by atoms with Gasteiger partial charge in [0.25, 0.3) is 0 Å². The van der Waals surface area contributed by atoms with Crippen molar-refractivity contribution in [2.24, 2.45) is 5.73 Å². The van der Waals surface area contributed by atoms with Crippen molar-refractivity contribution in [3.63, 3.8) is 0 Å². The van der Waals surface area contributed by atoms with Crippen molar-refractivity contribution in [2.45, 2.75) is 13.1 Å². The molecule has 0 heterocycles. The van der Waals surface area contributed by atoms with Gasteiger partial charge in [0.05, 0.1) is 6.54 Å². The fraction of sp³-hybridized carbons (Fsp3) is 0.222. The highest BCUT2D eigenvalue weighted by Gasteiger charge is 2.05. The minimum Gasteiger partial charge on any atom is -0.320 e. The molecule has 0 amide bonds. The van der Waals surface area contributed by atoms with Gasteiger partial charge in [0.2, 0.25) is 0 Å². The molecular weight excluding hydrogens is 280 g/mol. The Morgan fingerprint density at radius 2 is 1.76 bits per heavy atom. The summed E-state index contributed by atoms with van der Waals surface area (Å²) in [6.07, 6.45) is 0. The van der Waals surface area contributed by atoms with E-state index in [0.717, 1.165) is 23.7 Å². The van der Waals surface area contributed by atoms with Crippen molar-refractivity contribution in [1.82, 2.24) is 4.90 Å². The Labute approximate surface area is 131 Å². The lowest BCUT2D eigenvalue weighted by atomic mass is 10.1. The minimum atomic E-state index is 0.384. The lowest BCUT2D eigenvalue weighted by molar-refractivity contribution is 0.319. The summed E-state index contributed by atoms with van der Waals surface area (Å²) in [5, 5.41) is 0.767. The van der Waals surface area contributed by atoms with E-state index in [1.165, 1.54) is 11.1 Å². The van der Waals surface area contributed by atoms with Crippen LogP contribution < -0.4 is 5.73 Å². The molecule has 2 aromatic rings. The molecule has 0 aromatic heterocycles. The molecule has 0 atom stereocenters. The Bertz CT molecular complexity index is 638. The van der Waals surface area contributed by atoms with E-state index in [0.29, 0.717) is 6.54 Å². The number of hydrogen-bond acceptors (Lipinski definition) is 2. The normalized spacial score (nSPS) is 10.3. The first-order chi connectivity index (χ1) is 10.2. The van der Waals surface area contributed by atoms with Crippen LogP contribution in [0.3, 0.4) is 0 Å². The number of benzene rings is 2. The van der Waals surface area contributed by atoms with E-state index in [2.05, 4.69) is 42.0 Å². The molecule has 0 fully saturated rings. The van der Waals surface area contributed by atoms with Gasteiger partial charge in [-0.3, -0.25) is 4.90 Å². The average molecular weight is 299 g/mol. The maximum absolute atomic E-state index is 5.91. The van der Waals surface area contributed by atoms with Crippen molar-refractivity contribution in [3.05, 3.63) is 70.2 Å². The summed E-state index contributed by atoms with van der Waals surface area (Å²) in [5.41, 5.74) is 8.95. The van der Waals surface area contributed by atoms with E-state index in [4.69, 9.17) is 17.3 Å². The summed E-state index contributed by atoms with van der Waals surface area (Å²) >= 11 is 5.91. The Kier molecular flexibility index (Phi) is 5.83. The molecule has 0 saturated heterocycles. The molecule has 2 nitrogen and oxygen atoms in total. The lowest BCUT2D eigenvalue weighted by Crippen LogP contribution is -2.17. The molecule has 2 N–H and O–H groups in total. The van der Waals surface area contributed by atoms with Gasteiger partial charge >= 0.3 is 0 Å². The van der Waals surface area contributed by atoms with Crippen LogP contribution in [0.5, 0.6) is 0 Å². The number of rotatable bonds is 4. The molecule has 0 saturated carbocycles.